The molecule has 4 aliphatic carbocycles. The Morgan fingerprint density at radius 3 is 2.77 bits per heavy atom. The lowest BCUT2D eigenvalue weighted by atomic mass is 9.47. The zero-order valence-electron chi connectivity index (χ0n) is 14.2. The van der Waals surface area contributed by atoms with E-state index in [-0.39, 0.29) is 0 Å². The minimum atomic E-state index is 0.430. The van der Waals surface area contributed by atoms with Crippen molar-refractivity contribution in [3.05, 3.63) is 23.3 Å². The van der Waals surface area contributed by atoms with Crippen LogP contribution in [0.5, 0.6) is 0 Å². The van der Waals surface area contributed by atoms with Gasteiger partial charge in [0.25, 0.3) is 0 Å². The van der Waals surface area contributed by atoms with Crippen molar-refractivity contribution in [1.82, 2.24) is 0 Å². The fourth-order valence-electron chi connectivity index (χ4n) is 6.80. The van der Waals surface area contributed by atoms with Gasteiger partial charge in [-0.15, -0.1) is 0 Å². The number of hydrogen-bond donors (Lipinski definition) is 0. The highest BCUT2D eigenvalue weighted by Gasteiger charge is 2.55. The molecule has 0 unspecified atom stereocenters. The van der Waals surface area contributed by atoms with E-state index in [0.29, 0.717) is 10.8 Å². The molecule has 0 saturated heterocycles. The first-order valence-electron chi connectivity index (χ1n) is 9.36. The zero-order valence-corrected chi connectivity index (χ0v) is 14.2. The van der Waals surface area contributed by atoms with Gasteiger partial charge in [-0.05, 0) is 85.5 Å². The molecule has 0 aromatic rings. The monoisotopic (exact) mass is 295 g/mol. The summed E-state index contributed by atoms with van der Waals surface area (Å²) in [4.78, 5) is 0. The normalized spacial score (nSPS) is 48.9. The number of fused-ring (bicyclic) bond motifs is 5. The maximum absolute atomic E-state index is 8.94. The van der Waals surface area contributed by atoms with Crippen LogP contribution in [0, 0.1) is 39.9 Å². The Bertz CT molecular complexity index is 577. The van der Waals surface area contributed by atoms with Gasteiger partial charge >= 0.3 is 0 Å². The lowest BCUT2D eigenvalue weighted by molar-refractivity contribution is -0.0345. The van der Waals surface area contributed by atoms with Crippen molar-refractivity contribution < 1.29 is 0 Å². The van der Waals surface area contributed by atoms with Crippen LogP contribution in [0.3, 0.4) is 0 Å². The summed E-state index contributed by atoms with van der Waals surface area (Å²) in [6.45, 7) is 5.14. The third kappa shape index (κ3) is 1.96. The number of nitrogens with zero attached hydrogens (tertiary/aromatic N) is 1. The molecule has 3 saturated carbocycles. The SMILES string of the molecule is C[C@@]12CCC[C@H]1[C@@H]1CCC3=CC(=CC#N)CC[C@]3(C)[C@H]1CC2. The van der Waals surface area contributed by atoms with E-state index in [9.17, 15) is 0 Å². The summed E-state index contributed by atoms with van der Waals surface area (Å²) < 4.78 is 0. The lowest BCUT2D eigenvalue weighted by Crippen LogP contribution is -2.48. The molecule has 0 aliphatic heterocycles. The van der Waals surface area contributed by atoms with Gasteiger partial charge in [0.1, 0.15) is 0 Å². The molecule has 118 valence electrons. The van der Waals surface area contributed by atoms with Crippen molar-refractivity contribution in [1.29, 1.82) is 5.26 Å². The summed E-state index contributed by atoms with van der Waals surface area (Å²) in [6.07, 6.45) is 16.6. The van der Waals surface area contributed by atoms with E-state index in [0.717, 1.165) is 24.2 Å². The van der Waals surface area contributed by atoms with Crippen LogP contribution in [0.15, 0.2) is 23.3 Å². The molecule has 3 fully saturated rings. The van der Waals surface area contributed by atoms with Gasteiger partial charge in [-0.25, -0.2) is 0 Å². The molecule has 1 heteroatoms. The van der Waals surface area contributed by atoms with E-state index in [4.69, 9.17) is 5.26 Å². The van der Waals surface area contributed by atoms with Crippen LogP contribution in [0.1, 0.15) is 71.6 Å². The molecule has 4 rings (SSSR count). The standard InChI is InChI=1S/C21H29N/c1-20-10-3-4-18(20)17-6-5-16-14-15(9-13-22)7-12-21(16,2)19(17)8-11-20/h9,14,17-19H,3-8,10-12H2,1-2H3/t17-,18-,19-,20-,21-/m0/s1. The smallest absolute Gasteiger partial charge is 0.0914 e. The van der Waals surface area contributed by atoms with Gasteiger partial charge in [0, 0.05) is 6.08 Å². The predicted molar refractivity (Wildman–Crippen MR) is 90.0 cm³/mol. The summed E-state index contributed by atoms with van der Waals surface area (Å²) in [7, 11) is 0. The van der Waals surface area contributed by atoms with Crippen LogP contribution < -0.4 is 0 Å². The molecule has 0 bridgehead atoms. The van der Waals surface area contributed by atoms with Gasteiger partial charge in [-0.2, -0.15) is 5.26 Å². The van der Waals surface area contributed by atoms with Crippen molar-refractivity contribution in [3.63, 3.8) is 0 Å². The Balaban J connectivity index is 1.67. The summed E-state index contributed by atoms with van der Waals surface area (Å²) >= 11 is 0. The van der Waals surface area contributed by atoms with Gasteiger partial charge in [0.05, 0.1) is 6.07 Å². The molecule has 22 heavy (non-hydrogen) atoms. The summed E-state index contributed by atoms with van der Waals surface area (Å²) in [5.74, 6) is 2.89. The third-order valence-electron chi connectivity index (χ3n) is 8.06. The highest BCUT2D eigenvalue weighted by Crippen LogP contribution is 2.65. The van der Waals surface area contributed by atoms with Gasteiger partial charge in [-0.1, -0.05) is 31.9 Å². The quantitative estimate of drug-likeness (QED) is 0.519. The number of nitriles is 1. The average molecular weight is 295 g/mol. The molecule has 1 nitrogen and oxygen atoms in total. The van der Waals surface area contributed by atoms with Gasteiger partial charge < -0.3 is 0 Å². The van der Waals surface area contributed by atoms with Crippen LogP contribution in [-0.4, -0.2) is 0 Å². The van der Waals surface area contributed by atoms with E-state index >= 15 is 0 Å². The lowest BCUT2D eigenvalue weighted by Gasteiger charge is -2.57. The number of rotatable bonds is 0. The summed E-state index contributed by atoms with van der Waals surface area (Å²) in [6, 6.07) is 2.23. The first-order valence-corrected chi connectivity index (χ1v) is 9.36. The molecule has 0 aromatic heterocycles. The minimum absolute atomic E-state index is 0.430. The Morgan fingerprint density at radius 2 is 1.95 bits per heavy atom. The second kappa shape index (κ2) is 4.98. The summed E-state index contributed by atoms with van der Waals surface area (Å²) in [5.41, 5.74) is 4.04. The van der Waals surface area contributed by atoms with Crippen LogP contribution in [0.25, 0.3) is 0 Å². The Hall–Kier alpha value is -1.03. The number of allylic oxidation sites excluding steroid dienone is 4. The third-order valence-corrected chi connectivity index (χ3v) is 8.06. The molecule has 0 amide bonds. The highest BCUT2D eigenvalue weighted by molar-refractivity contribution is 5.36. The van der Waals surface area contributed by atoms with Crippen molar-refractivity contribution in [3.8, 4) is 6.07 Å². The second-order valence-electron chi connectivity index (χ2n) is 8.94. The van der Waals surface area contributed by atoms with E-state index in [1.54, 1.807) is 11.6 Å². The van der Waals surface area contributed by atoms with Crippen molar-refractivity contribution >= 4 is 0 Å². The zero-order chi connectivity index (χ0) is 15.4. The summed E-state index contributed by atoms with van der Waals surface area (Å²) in [5, 5.41) is 8.94. The fraction of sp³-hybridized carbons (Fsp3) is 0.762. The van der Waals surface area contributed by atoms with E-state index < -0.39 is 0 Å². The Morgan fingerprint density at radius 1 is 1.09 bits per heavy atom. The van der Waals surface area contributed by atoms with Crippen LogP contribution in [-0.2, 0) is 0 Å². The second-order valence-corrected chi connectivity index (χ2v) is 8.94. The molecular formula is C21H29N. The molecule has 0 radical (unpaired) electrons. The maximum atomic E-state index is 8.94. The van der Waals surface area contributed by atoms with Crippen molar-refractivity contribution in [2.24, 2.45) is 28.6 Å². The molecular weight excluding hydrogens is 266 g/mol. The molecule has 0 heterocycles. The van der Waals surface area contributed by atoms with Crippen LogP contribution >= 0.6 is 0 Å². The maximum Gasteiger partial charge on any atom is 0.0914 e. The molecule has 4 aliphatic rings. The Kier molecular flexibility index (Phi) is 3.30. The first kappa shape index (κ1) is 14.6. The van der Waals surface area contributed by atoms with E-state index in [1.807, 2.05) is 0 Å². The van der Waals surface area contributed by atoms with Crippen LogP contribution in [0.2, 0.25) is 0 Å². The Labute approximate surface area is 135 Å². The van der Waals surface area contributed by atoms with Gasteiger partial charge in [-0.3, -0.25) is 0 Å². The average Bonchev–Trinajstić information content (AvgIpc) is 2.89. The largest absolute Gasteiger partial charge is 0.193 e. The molecule has 0 spiro atoms. The predicted octanol–water partition coefficient (Wildman–Crippen LogP) is 5.79. The topological polar surface area (TPSA) is 23.8 Å². The van der Waals surface area contributed by atoms with Crippen molar-refractivity contribution in [2.75, 3.05) is 0 Å². The minimum Gasteiger partial charge on any atom is -0.193 e. The first-order chi connectivity index (χ1) is 10.6. The van der Waals surface area contributed by atoms with E-state index in [2.05, 4.69) is 26.0 Å². The molecule has 0 aromatic carbocycles. The highest BCUT2D eigenvalue weighted by atomic mass is 14.6. The molecule has 0 N–H and O–H groups in total. The van der Waals surface area contributed by atoms with E-state index in [1.165, 1.54) is 56.9 Å². The van der Waals surface area contributed by atoms with Crippen molar-refractivity contribution in [2.45, 2.75) is 71.6 Å². The molecule has 5 atom stereocenters. The van der Waals surface area contributed by atoms with Crippen LogP contribution in [0.4, 0.5) is 0 Å². The van der Waals surface area contributed by atoms with Gasteiger partial charge in [0.2, 0.25) is 0 Å². The van der Waals surface area contributed by atoms with Gasteiger partial charge in [0.15, 0.2) is 0 Å². The number of hydrogen-bond acceptors (Lipinski definition) is 1. The fourth-order valence-corrected chi connectivity index (χ4v) is 6.80.